The number of nitrogens with zero attached hydrogens (tertiary/aromatic N) is 2. The van der Waals surface area contributed by atoms with Crippen molar-refractivity contribution in [3.63, 3.8) is 0 Å². The van der Waals surface area contributed by atoms with E-state index in [9.17, 15) is 0 Å². The molecule has 1 fully saturated rings. The number of benzene rings is 1. The van der Waals surface area contributed by atoms with Crippen LogP contribution in [0, 0.1) is 0 Å². The monoisotopic (exact) mass is 295 g/mol. The van der Waals surface area contributed by atoms with Crippen molar-refractivity contribution in [2.45, 2.75) is 24.1 Å². The smallest absolute Gasteiger partial charge is 0.208 e. The highest BCUT2D eigenvalue weighted by molar-refractivity contribution is 7.99. The van der Waals surface area contributed by atoms with Crippen molar-refractivity contribution < 1.29 is 4.74 Å². The van der Waals surface area contributed by atoms with Gasteiger partial charge in [-0.25, -0.2) is 4.98 Å². The molecular formula is C13H14ClN3OS. The van der Waals surface area contributed by atoms with E-state index in [1.807, 2.05) is 24.3 Å². The second-order valence-corrected chi connectivity index (χ2v) is 5.84. The fourth-order valence-corrected chi connectivity index (χ4v) is 2.98. The van der Waals surface area contributed by atoms with Gasteiger partial charge in [-0.05, 0) is 37.1 Å². The normalized spacial score (nSPS) is 18.9. The van der Waals surface area contributed by atoms with Crippen molar-refractivity contribution in [1.29, 1.82) is 0 Å². The van der Waals surface area contributed by atoms with Crippen molar-refractivity contribution in [1.82, 2.24) is 15.2 Å². The summed E-state index contributed by atoms with van der Waals surface area (Å²) in [6.07, 6.45) is 2.65. The van der Waals surface area contributed by atoms with E-state index < -0.39 is 0 Å². The molecule has 2 heterocycles. The van der Waals surface area contributed by atoms with Gasteiger partial charge in [0.25, 0.3) is 0 Å². The zero-order chi connectivity index (χ0) is 13.1. The number of aromatic amines is 1. The van der Waals surface area contributed by atoms with Crippen molar-refractivity contribution in [3.8, 4) is 11.4 Å². The van der Waals surface area contributed by atoms with Gasteiger partial charge in [0.15, 0.2) is 5.82 Å². The van der Waals surface area contributed by atoms with Crippen LogP contribution in [-0.2, 0) is 4.74 Å². The Balaban J connectivity index is 1.63. The lowest BCUT2D eigenvalue weighted by Gasteiger charge is -2.05. The summed E-state index contributed by atoms with van der Waals surface area (Å²) < 4.78 is 5.58. The molecule has 1 aromatic heterocycles. The molecule has 1 aromatic carbocycles. The molecule has 1 N–H and O–H groups in total. The molecule has 1 atom stereocenters. The molecule has 0 saturated carbocycles. The maximum atomic E-state index is 5.86. The molecule has 2 aromatic rings. The van der Waals surface area contributed by atoms with Crippen LogP contribution in [-0.4, -0.2) is 33.6 Å². The molecule has 4 nitrogen and oxygen atoms in total. The Labute approximate surface area is 120 Å². The number of hydrogen-bond acceptors (Lipinski definition) is 4. The maximum Gasteiger partial charge on any atom is 0.208 e. The number of H-pyrrole nitrogens is 1. The van der Waals surface area contributed by atoms with Crippen molar-refractivity contribution >= 4 is 23.4 Å². The van der Waals surface area contributed by atoms with Gasteiger partial charge < -0.3 is 4.74 Å². The highest BCUT2D eigenvalue weighted by Gasteiger charge is 2.16. The Kier molecular flexibility index (Phi) is 4.06. The van der Waals surface area contributed by atoms with Gasteiger partial charge in [0.05, 0.1) is 6.10 Å². The number of ether oxygens (including phenoxy) is 1. The summed E-state index contributed by atoms with van der Waals surface area (Å²) in [6, 6.07) is 7.55. The first-order valence-corrected chi connectivity index (χ1v) is 7.60. The van der Waals surface area contributed by atoms with E-state index in [0.717, 1.165) is 46.8 Å². The van der Waals surface area contributed by atoms with Gasteiger partial charge in [-0.2, -0.15) is 0 Å². The number of thioether (sulfide) groups is 1. The van der Waals surface area contributed by atoms with Crippen LogP contribution in [0.15, 0.2) is 29.4 Å². The van der Waals surface area contributed by atoms with E-state index >= 15 is 0 Å². The minimum Gasteiger partial charge on any atom is -0.377 e. The van der Waals surface area contributed by atoms with Crippen LogP contribution in [0.1, 0.15) is 12.8 Å². The number of rotatable bonds is 4. The van der Waals surface area contributed by atoms with E-state index in [0.29, 0.717) is 6.10 Å². The molecule has 1 saturated heterocycles. The molecule has 19 heavy (non-hydrogen) atoms. The minimum atomic E-state index is 0.350. The van der Waals surface area contributed by atoms with E-state index in [2.05, 4.69) is 15.2 Å². The third-order valence-electron chi connectivity index (χ3n) is 3.00. The van der Waals surface area contributed by atoms with E-state index in [1.54, 1.807) is 11.8 Å². The van der Waals surface area contributed by atoms with Gasteiger partial charge in [-0.3, -0.25) is 5.10 Å². The number of hydrogen-bond donors (Lipinski definition) is 1. The molecule has 0 unspecified atom stereocenters. The summed E-state index contributed by atoms with van der Waals surface area (Å²) in [6.45, 7) is 0.884. The van der Waals surface area contributed by atoms with Gasteiger partial charge in [0.1, 0.15) is 0 Å². The summed E-state index contributed by atoms with van der Waals surface area (Å²) >= 11 is 7.49. The standard InChI is InChI=1S/C13H14ClN3OS/c14-10-5-3-9(4-6-10)12-15-13(17-16-12)19-8-11-2-1-7-18-11/h3-6,11H,1-2,7-8H2,(H,15,16,17)/t11-/m1/s1. The zero-order valence-corrected chi connectivity index (χ0v) is 11.9. The Morgan fingerprint density at radius 1 is 1.37 bits per heavy atom. The molecule has 0 radical (unpaired) electrons. The number of halogens is 1. The molecule has 0 spiro atoms. The Bertz CT molecular complexity index is 537. The second-order valence-electron chi connectivity index (χ2n) is 4.42. The van der Waals surface area contributed by atoms with Crippen LogP contribution in [0.25, 0.3) is 11.4 Å². The molecule has 3 rings (SSSR count). The minimum absolute atomic E-state index is 0.350. The molecule has 1 aliphatic rings. The predicted molar refractivity (Wildman–Crippen MR) is 76.5 cm³/mol. The molecule has 0 bridgehead atoms. The van der Waals surface area contributed by atoms with Gasteiger partial charge in [-0.1, -0.05) is 23.4 Å². The highest BCUT2D eigenvalue weighted by Crippen LogP contribution is 2.23. The van der Waals surface area contributed by atoms with Crippen LogP contribution in [0.4, 0.5) is 0 Å². The van der Waals surface area contributed by atoms with Crippen molar-refractivity contribution in [2.24, 2.45) is 0 Å². The topological polar surface area (TPSA) is 50.8 Å². The first kappa shape index (κ1) is 13.0. The Morgan fingerprint density at radius 2 is 2.21 bits per heavy atom. The Morgan fingerprint density at radius 3 is 2.95 bits per heavy atom. The maximum absolute atomic E-state index is 5.86. The molecular weight excluding hydrogens is 282 g/mol. The first-order valence-electron chi connectivity index (χ1n) is 6.24. The summed E-state index contributed by atoms with van der Waals surface area (Å²) in [5.74, 6) is 1.68. The van der Waals surface area contributed by atoms with Gasteiger partial charge in [0.2, 0.25) is 5.16 Å². The average Bonchev–Trinajstić information content (AvgIpc) is 3.09. The Hall–Kier alpha value is -1.04. The van der Waals surface area contributed by atoms with Crippen LogP contribution < -0.4 is 0 Å². The molecule has 0 amide bonds. The van der Waals surface area contributed by atoms with E-state index in [4.69, 9.17) is 16.3 Å². The number of aromatic nitrogens is 3. The summed E-state index contributed by atoms with van der Waals surface area (Å²) in [5.41, 5.74) is 0.987. The van der Waals surface area contributed by atoms with Crippen molar-refractivity contribution in [2.75, 3.05) is 12.4 Å². The summed E-state index contributed by atoms with van der Waals surface area (Å²) in [5, 5.41) is 8.65. The highest BCUT2D eigenvalue weighted by atomic mass is 35.5. The molecule has 6 heteroatoms. The molecule has 0 aliphatic carbocycles. The van der Waals surface area contributed by atoms with Crippen LogP contribution in [0.2, 0.25) is 5.02 Å². The van der Waals surface area contributed by atoms with Crippen LogP contribution in [0.3, 0.4) is 0 Å². The van der Waals surface area contributed by atoms with Crippen molar-refractivity contribution in [3.05, 3.63) is 29.3 Å². The van der Waals surface area contributed by atoms with Gasteiger partial charge >= 0.3 is 0 Å². The molecule has 100 valence electrons. The number of nitrogens with one attached hydrogen (secondary N) is 1. The fraction of sp³-hybridized carbons (Fsp3) is 0.385. The lowest BCUT2D eigenvalue weighted by molar-refractivity contribution is 0.129. The van der Waals surface area contributed by atoms with Gasteiger partial charge in [0, 0.05) is 22.9 Å². The fourth-order valence-electron chi connectivity index (χ4n) is 1.99. The summed E-state index contributed by atoms with van der Waals surface area (Å²) in [4.78, 5) is 4.47. The zero-order valence-electron chi connectivity index (χ0n) is 10.3. The predicted octanol–water partition coefficient (Wildman–Crippen LogP) is 3.40. The SMILES string of the molecule is Clc1ccc(-c2nc(SC[C@H]3CCCO3)n[nH]2)cc1. The lowest BCUT2D eigenvalue weighted by atomic mass is 10.2. The summed E-state index contributed by atoms with van der Waals surface area (Å²) in [7, 11) is 0. The lowest BCUT2D eigenvalue weighted by Crippen LogP contribution is -2.07. The first-order chi connectivity index (χ1) is 9.31. The largest absolute Gasteiger partial charge is 0.377 e. The average molecular weight is 296 g/mol. The van der Waals surface area contributed by atoms with Crippen LogP contribution >= 0.6 is 23.4 Å². The van der Waals surface area contributed by atoms with Gasteiger partial charge in [-0.15, -0.1) is 5.10 Å². The third kappa shape index (κ3) is 3.29. The van der Waals surface area contributed by atoms with E-state index in [-0.39, 0.29) is 0 Å². The quantitative estimate of drug-likeness (QED) is 0.878. The molecule has 1 aliphatic heterocycles. The second kappa shape index (κ2) is 5.94. The van der Waals surface area contributed by atoms with E-state index in [1.165, 1.54) is 0 Å². The third-order valence-corrected chi connectivity index (χ3v) is 4.24. The van der Waals surface area contributed by atoms with Crippen LogP contribution in [0.5, 0.6) is 0 Å².